The topological polar surface area (TPSA) is 74.9 Å². The number of amides is 1. The van der Waals surface area contributed by atoms with Crippen LogP contribution in [0.15, 0.2) is 35.1 Å². The molecule has 0 spiro atoms. The average Bonchev–Trinajstić information content (AvgIpc) is 2.43. The van der Waals surface area contributed by atoms with E-state index in [-0.39, 0.29) is 12.1 Å². The van der Waals surface area contributed by atoms with Gasteiger partial charge in [-0.15, -0.1) is 0 Å². The Hall–Kier alpha value is -2.94. The van der Waals surface area contributed by atoms with Crippen LogP contribution in [0, 0.1) is 31.0 Å². The van der Waals surface area contributed by atoms with Crippen LogP contribution >= 0.6 is 0 Å². The smallest absolute Gasteiger partial charge is 0.269 e. The van der Waals surface area contributed by atoms with Crippen molar-refractivity contribution < 1.29 is 9.18 Å². The van der Waals surface area contributed by atoms with E-state index in [1.54, 1.807) is 26.0 Å². The van der Waals surface area contributed by atoms with Crippen LogP contribution in [0.4, 0.5) is 10.1 Å². The molecule has 6 heteroatoms. The minimum absolute atomic E-state index is 0.0177. The predicted molar refractivity (Wildman–Crippen MR) is 79.9 cm³/mol. The maximum atomic E-state index is 13.1. The summed E-state index contributed by atoms with van der Waals surface area (Å²) >= 11 is 0. The summed E-state index contributed by atoms with van der Waals surface area (Å²) < 4.78 is 14.3. The fourth-order valence-corrected chi connectivity index (χ4v) is 2.17. The summed E-state index contributed by atoms with van der Waals surface area (Å²) in [5, 5.41) is 11.5. The molecule has 0 fully saturated rings. The first kappa shape index (κ1) is 15.4. The van der Waals surface area contributed by atoms with E-state index < -0.39 is 17.3 Å². The Labute approximate surface area is 126 Å². The summed E-state index contributed by atoms with van der Waals surface area (Å²) in [7, 11) is 0. The summed E-state index contributed by atoms with van der Waals surface area (Å²) in [6, 6.07) is 9.00. The molecule has 0 atom stereocenters. The molecular formula is C16H14FN3O2. The van der Waals surface area contributed by atoms with Gasteiger partial charge in [-0.05, 0) is 43.7 Å². The lowest BCUT2D eigenvalue weighted by Crippen LogP contribution is -2.31. The van der Waals surface area contributed by atoms with Gasteiger partial charge in [-0.2, -0.15) is 5.26 Å². The number of benzene rings is 1. The van der Waals surface area contributed by atoms with Gasteiger partial charge in [-0.3, -0.25) is 9.59 Å². The lowest BCUT2D eigenvalue weighted by molar-refractivity contribution is -0.116. The van der Waals surface area contributed by atoms with Crippen molar-refractivity contribution in [3.63, 3.8) is 0 Å². The van der Waals surface area contributed by atoms with E-state index in [1.165, 1.54) is 22.8 Å². The molecule has 1 heterocycles. The second-order valence-corrected chi connectivity index (χ2v) is 4.91. The Morgan fingerprint density at radius 3 is 2.73 bits per heavy atom. The third-order valence-corrected chi connectivity index (χ3v) is 3.23. The number of aromatic nitrogens is 1. The molecule has 0 aliphatic carbocycles. The van der Waals surface area contributed by atoms with Crippen LogP contribution < -0.4 is 10.9 Å². The fourth-order valence-electron chi connectivity index (χ4n) is 2.17. The number of carbonyl (C=O) groups excluding carboxylic acids is 1. The third-order valence-electron chi connectivity index (χ3n) is 3.23. The largest absolute Gasteiger partial charge is 0.324 e. The summed E-state index contributed by atoms with van der Waals surface area (Å²) in [6.45, 7) is 3.12. The highest BCUT2D eigenvalue weighted by Crippen LogP contribution is 2.10. The second-order valence-electron chi connectivity index (χ2n) is 4.91. The zero-order valence-electron chi connectivity index (χ0n) is 12.2. The number of nitrogens with one attached hydrogen (secondary N) is 1. The third kappa shape index (κ3) is 3.20. The Morgan fingerprint density at radius 2 is 2.09 bits per heavy atom. The van der Waals surface area contributed by atoms with E-state index in [2.05, 4.69) is 5.32 Å². The molecule has 1 N–H and O–H groups in total. The summed E-state index contributed by atoms with van der Waals surface area (Å²) in [5.74, 6) is -0.934. The number of nitrogens with zero attached hydrogens (tertiary/aromatic N) is 2. The maximum Gasteiger partial charge on any atom is 0.269 e. The average molecular weight is 299 g/mol. The van der Waals surface area contributed by atoms with Crippen molar-refractivity contribution in [2.75, 3.05) is 5.32 Å². The highest BCUT2D eigenvalue weighted by Gasteiger charge is 2.13. The van der Waals surface area contributed by atoms with E-state index in [0.29, 0.717) is 16.9 Å². The van der Waals surface area contributed by atoms with Gasteiger partial charge in [0.25, 0.3) is 5.56 Å². The molecule has 0 aliphatic heterocycles. The molecule has 0 bridgehead atoms. The number of nitriles is 1. The van der Waals surface area contributed by atoms with Gasteiger partial charge in [0.05, 0.1) is 0 Å². The molecular weight excluding hydrogens is 285 g/mol. The van der Waals surface area contributed by atoms with Crippen molar-refractivity contribution in [1.29, 1.82) is 5.26 Å². The van der Waals surface area contributed by atoms with Crippen LogP contribution in [0.2, 0.25) is 0 Å². The van der Waals surface area contributed by atoms with Gasteiger partial charge in [-0.25, -0.2) is 4.39 Å². The molecule has 2 rings (SSSR count). The molecule has 0 aliphatic rings. The van der Waals surface area contributed by atoms with Crippen molar-refractivity contribution in [3.8, 4) is 6.07 Å². The summed E-state index contributed by atoms with van der Waals surface area (Å²) in [5.41, 5.74) is 0.976. The number of rotatable bonds is 3. The van der Waals surface area contributed by atoms with Crippen molar-refractivity contribution in [1.82, 2.24) is 4.57 Å². The van der Waals surface area contributed by atoms with Crippen molar-refractivity contribution in [3.05, 3.63) is 63.3 Å². The molecule has 0 unspecified atom stereocenters. The lowest BCUT2D eigenvalue weighted by atomic mass is 10.1. The van der Waals surface area contributed by atoms with E-state index in [4.69, 9.17) is 5.26 Å². The number of aryl methyl sites for hydroxylation is 2. The Morgan fingerprint density at radius 1 is 1.36 bits per heavy atom. The first-order chi connectivity index (χ1) is 10.4. The Kier molecular flexibility index (Phi) is 4.37. The minimum Gasteiger partial charge on any atom is -0.324 e. The van der Waals surface area contributed by atoms with Crippen LogP contribution in [-0.4, -0.2) is 10.5 Å². The first-order valence-electron chi connectivity index (χ1n) is 6.59. The standard InChI is InChI=1S/C16H14FN3O2/c1-10-6-11(2)20(16(22)14(10)8-18)9-15(21)19-13-5-3-4-12(17)7-13/h3-7H,9H2,1-2H3,(H,19,21). The number of hydrogen-bond donors (Lipinski definition) is 1. The number of anilines is 1. The molecule has 1 amide bonds. The SMILES string of the molecule is Cc1cc(C)n(CC(=O)Nc2cccc(F)c2)c(=O)c1C#N. The molecule has 112 valence electrons. The van der Waals surface area contributed by atoms with Crippen LogP contribution in [-0.2, 0) is 11.3 Å². The van der Waals surface area contributed by atoms with Gasteiger partial charge in [0.1, 0.15) is 24.0 Å². The first-order valence-corrected chi connectivity index (χ1v) is 6.59. The Bertz CT molecular complexity index is 834. The molecule has 0 radical (unpaired) electrons. The number of hydrogen-bond acceptors (Lipinski definition) is 3. The number of halogens is 1. The summed E-state index contributed by atoms with van der Waals surface area (Å²) in [4.78, 5) is 24.2. The van der Waals surface area contributed by atoms with Gasteiger partial charge in [-0.1, -0.05) is 6.07 Å². The molecule has 2 aromatic rings. The monoisotopic (exact) mass is 299 g/mol. The highest BCUT2D eigenvalue weighted by molar-refractivity contribution is 5.90. The molecule has 22 heavy (non-hydrogen) atoms. The van der Waals surface area contributed by atoms with Gasteiger partial charge in [0.15, 0.2) is 0 Å². The zero-order valence-corrected chi connectivity index (χ0v) is 12.2. The van der Waals surface area contributed by atoms with Crippen molar-refractivity contribution in [2.45, 2.75) is 20.4 Å². The number of pyridine rings is 1. The predicted octanol–water partition coefficient (Wildman–Crippen LogP) is 2.11. The van der Waals surface area contributed by atoms with E-state index in [0.717, 1.165) is 0 Å². The van der Waals surface area contributed by atoms with Gasteiger partial charge in [0.2, 0.25) is 5.91 Å². The van der Waals surface area contributed by atoms with Gasteiger partial charge >= 0.3 is 0 Å². The molecule has 1 aromatic heterocycles. The van der Waals surface area contributed by atoms with Crippen LogP contribution in [0.5, 0.6) is 0 Å². The molecule has 0 saturated carbocycles. The minimum atomic E-state index is -0.505. The lowest BCUT2D eigenvalue weighted by Gasteiger charge is -2.12. The van der Waals surface area contributed by atoms with Crippen LogP contribution in [0.25, 0.3) is 0 Å². The normalized spacial score (nSPS) is 10.1. The number of carbonyl (C=O) groups is 1. The van der Waals surface area contributed by atoms with E-state index in [9.17, 15) is 14.0 Å². The van der Waals surface area contributed by atoms with E-state index >= 15 is 0 Å². The van der Waals surface area contributed by atoms with Gasteiger partial charge < -0.3 is 9.88 Å². The fraction of sp³-hybridized carbons (Fsp3) is 0.188. The quantitative estimate of drug-likeness (QED) is 0.943. The Balaban J connectivity index is 2.26. The highest BCUT2D eigenvalue weighted by atomic mass is 19.1. The van der Waals surface area contributed by atoms with Gasteiger partial charge in [0, 0.05) is 11.4 Å². The van der Waals surface area contributed by atoms with Crippen molar-refractivity contribution in [2.24, 2.45) is 0 Å². The summed E-state index contributed by atoms with van der Waals surface area (Å²) in [6.07, 6.45) is 0. The van der Waals surface area contributed by atoms with Crippen LogP contribution in [0.1, 0.15) is 16.8 Å². The van der Waals surface area contributed by atoms with Crippen molar-refractivity contribution >= 4 is 11.6 Å². The van der Waals surface area contributed by atoms with E-state index in [1.807, 2.05) is 6.07 Å². The molecule has 5 nitrogen and oxygen atoms in total. The van der Waals surface area contributed by atoms with Crippen LogP contribution in [0.3, 0.4) is 0 Å². The second kappa shape index (κ2) is 6.22. The molecule has 0 saturated heterocycles. The molecule has 1 aromatic carbocycles. The zero-order chi connectivity index (χ0) is 16.3. The maximum absolute atomic E-state index is 13.1.